The number of nitrogens with one attached hydrogen (secondary N) is 1. The number of aromatic nitrogens is 4. The molecule has 0 saturated carbocycles. The normalized spacial score (nSPS) is 11.0. The largest absolute Gasteiger partial charge is 0.378 e. The van der Waals surface area contributed by atoms with Gasteiger partial charge in [-0.05, 0) is 36.4 Å². The lowest BCUT2D eigenvalue weighted by atomic mass is 10.2. The molecule has 0 atom stereocenters. The molecule has 2 aromatic carbocycles. The van der Waals surface area contributed by atoms with Crippen LogP contribution < -0.4 is 10.2 Å². The number of benzene rings is 2. The van der Waals surface area contributed by atoms with E-state index in [1.165, 1.54) is 6.33 Å². The van der Waals surface area contributed by atoms with Gasteiger partial charge < -0.3 is 14.8 Å². The van der Waals surface area contributed by atoms with E-state index in [1.807, 2.05) is 66.0 Å². The fraction of sp³-hybridized carbons (Fsp3) is 0.150. The molecule has 4 rings (SSSR count). The Morgan fingerprint density at radius 3 is 2.36 bits per heavy atom. The summed E-state index contributed by atoms with van der Waals surface area (Å²) in [6.45, 7) is 0.457. The average molecular weight is 413 g/mol. The topological polar surface area (TPSA) is 58.9 Å². The molecule has 8 heteroatoms. The summed E-state index contributed by atoms with van der Waals surface area (Å²) in [7, 11) is 4.02. The smallest absolute Gasteiger partial charge is 0.165 e. The average Bonchev–Trinajstić information content (AvgIpc) is 3.17. The molecule has 6 nitrogen and oxygen atoms in total. The van der Waals surface area contributed by atoms with Gasteiger partial charge in [-0.3, -0.25) is 0 Å². The van der Waals surface area contributed by atoms with Gasteiger partial charge in [-0.15, -0.1) is 0 Å². The number of rotatable bonds is 5. The maximum atomic E-state index is 6.31. The zero-order valence-electron chi connectivity index (χ0n) is 15.4. The minimum Gasteiger partial charge on any atom is -0.378 e. The highest BCUT2D eigenvalue weighted by Gasteiger charge is 2.18. The molecule has 142 valence electrons. The van der Waals surface area contributed by atoms with Crippen LogP contribution in [0.3, 0.4) is 0 Å². The molecule has 2 aliphatic heterocycles. The van der Waals surface area contributed by atoms with Crippen molar-refractivity contribution < 1.29 is 0 Å². The van der Waals surface area contributed by atoms with Crippen LogP contribution in [-0.4, -0.2) is 33.6 Å². The first kappa shape index (κ1) is 18.5. The van der Waals surface area contributed by atoms with Crippen molar-refractivity contribution in [3.05, 3.63) is 70.7 Å². The van der Waals surface area contributed by atoms with E-state index >= 15 is 0 Å². The number of hydrogen-bond donors (Lipinski definition) is 1. The Hall–Kier alpha value is -2.83. The van der Waals surface area contributed by atoms with Crippen LogP contribution in [0.4, 0.5) is 17.2 Å². The zero-order chi connectivity index (χ0) is 19.7. The first-order chi connectivity index (χ1) is 13.5. The highest BCUT2D eigenvalue weighted by atomic mass is 35.5. The van der Waals surface area contributed by atoms with Crippen molar-refractivity contribution in [3.8, 4) is 11.5 Å². The van der Waals surface area contributed by atoms with Crippen LogP contribution in [0.2, 0.25) is 10.0 Å². The number of imidazole rings is 1. The first-order valence-electron chi connectivity index (χ1n) is 8.66. The molecule has 0 spiro atoms. The Balaban J connectivity index is 1.64. The number of halogens is 2. The maximum absolute atomic E-state index is 6.31. The summed E-state index contributed by atoms with van der Waals surface area (Å²) in [5.74, 6) is 1.35. The van der Waals surface area contributed by atoms with Crippen LogP contribution in [0, 0.1) is 0 Å². The lowest BCUT2D eigenvalue weighted by Gasteiger charge is -2.16. The minimum atomic E-state index is 0.457. The Morgan fingerprint density at radius 2 is 1.68 bits per heavy atom. The van der Waals surface area contributed by atoms with Gasteiger partial charge in [0, 0.05) is 41.1 Å². The second-order valence-electron chi connectivity index (χ2n) is 6.53. The van der Waals surface area contributed by atoms with Crippen molar-refractivity contribution in [2.75, 3.05) is 24.3 Å². The summed E-state index contributed by atoms with van der Waals surface area (Å²) >= 11 is 12.6. The Bertz CT molecular complexity index is 1050. The van der Waals surface area contributed by atoms with Crippen LogP contribution in [0.15, 0.2) is 55.1 Å². The SMILES string of the molecule is CN(C)c1ccc(Nc2ncn(Cc3c(Cl)cccc3Cl)c3ncnc2-3)cc1. The Kier molecular flexibility index (Phi) is 5.07. The molecule has 0 radical (unpaired) electrons. The summed E-state index contributed by atoms with van der Waals surface area (Å²) in [4.78, 5) is 15.4. The second kappa shape index (κ2) is 7.66. The summed E-state index contributed by atoms with van der Waals surface area (Å²) in [6, 6.07) is 13.5. The van der Waals surface area contributed by atoms with Crippen LogP contribution in [0.5, 0.6) is 0 Å². The van der Waals surface area contributed by atoms with Crippen molar-refractivity contribution in [2.45, 2.75) is 6.54 Å². The van der Waals surface area contributed by atoms with Crippen LogP contribution in [0.25, 0.3) is 11.5 Å². The van der Waals surface area contributed by atoms with E-state index in [0.29, 0.717) is 33.9 Å². The van der Waals surface area contributed by atoms with Gasteiger partial charge in [0.25, 0.3) is 0 Å². The van der Waals surface area contributed by atoms with Crippen molar-refractivity contribution >= 4 is 40.4 Å². The standard InChI is InChI=1S/C20H18Cl2N6/c1-27(2)14-8-6-13(7-9-14)26-19-18-20(24-11-23-18)28(12-25-19)10-15-16(21)4-3-5-17(15)22/h3-9,11-12,26H,10H2,1-2H3. The molecule has 2 aromatic rings. The molecule has 1 N–H and O–H groups in total. The van der Waals surface area contributed by atoms with Gasteiger partial charge in [-0.2, -0.15) is 0 Å². The van der Waals surface area contributed by atoms with E-state index in [2.05, 4.69) is 20.3 Å². The van der Waals surface area contributed by atoms with Gasteiger partial charge in [0.15, 0.2) is 17.3 Å². The molecule has 28 heavy (non-hydrogen) atoms. The Morgan fingerprint density at radius 1 is 0.964 bits per heavy atom. The predicted octanol–water partition coefficient (Wildman–Crippen LogP) is 4.94. The zero-order valence-corrected chi connectivity index (χ0v) is 16.9. The molecule has 0 amide bonds. The number of nitrogens with zero attached hydrogens (tertiary/aromatic N) is 5. The molecule has 0 aliphatic carbocycles. The summed E-state index contributed by atoms with van der Waals surface area (Å²) < 4.78 is 1.88. The third-order valence-corrected chi connectivity index (χ3v) is 5.15. The molecule has 2 heterocycles. The van der Waals surface area contributed by atoms with Crippen LogP contribution in [-0.2, 0) is 6.54 Å². The number of anilines is 3. The molecular formula is C20H18Cl2N6. The van der Waals surface area contributed by atoms with Gasteiger partial charge >= 0.3 is 0 Å². The van der Waals surface area contributed by atoms with Gasteiger partial charge in [-0.25, -0.2) is 15.0 Å². The summed E-state index contributed by atoms with van der Waals surface area (Å²) in [6.07, 6.45) is 3.24. The molecule has 0 fully saturated rings. The molecule has 0 aromatic heterocycles. The van der Waals surface area contributed by atoms with Crippen LogP contribution in [0.1, 0.15) is 5.56 Å². The lowest BCUT2D eigenvalue weighted by molar-refractivity contribution is 0.762. The molecule has 2 aliphatic rings. The third-order valence-electron chi connectivity index (χ3n) is 4.44. The van der Waals surface area contributed by atoms with Crippen molar-refractivity contribution in [2.24, 2.45) is 0 Å². The third kappa shape index (κ3) is 3.61. The monoisotopic (exact) mass is 412 g/mol. The van der Waals surface area contributed by atoms with E-state index in [0.717, 1.165) is 16.9 Å². The van der Waals surface area contributed by atoms with E-state index in [-0.39, 0.29) is 0 Å². The predicted molar refractivity (Wildman–Crippen MR) is 114 cm³/mol. The molecule has 0 bridgehead atoms. The number of hydrogen-bond acceptors (Lipinski definition) is 5. The second-order valence-corrected chi connectivity index (χ2v) is 7.35. The van der Waals surface area contributed by atoms with Gasteiger partial charge in [0.1, 0.15) is 6.33 Å². The van der Waals surface area contributed by atoms with Crippen molar-refractivity contribution in [1.29, 1.82) is 0 Å². The fourth-order valence-corrected chi connectivity index (χ4v) is 3.44. The maximum Gasteiger partial charge on any atom is 0.165 e. The van der Waals surface area contributed by atoms with Gasteiger partial charge in [-0.1, -0.05) is 29.3 Å². The Labute approximate surface area is 173 Å². The van der Waals surface area contributed by atoms with E-state index < -0.39 is 0 Å². The highest BCUT2D eigenvalue weighted by Crippen LogP contribution is 2.30. The molecule has 0 saturated heterocycles. The summed E-state index contributed by atoms with van der Waals surface area (Å²) in [5.41, 5.74) is 3.55. The van der Waals surface area contributed by atoms with Gasteiger partial charge in [0.05, 0.1) is 12.9 Å². The minimum absolute atomic E-state index is 0.457. The lowest BCUT2D eigenvalue weighted by Crippen LogP contribution is -2.10. The van der Waals surface area contributed by atoms with Crippen molar-refractivity contribution in [3.63, 3.8) is 0 Å². The first-order valence-corrected chi connectivity index (χ1v) is 9.41. The van der Waals surface area contributed by atoms with Crippen LogP contribution >= 0.6 is 23.2 Å². The molecule has 0 unspecified atom stereocenters. The highest BCUT2D eigenvalue weighted by molar-refractivity contribution is 6.36. The van der Waals surface area contributed by atoms with Crippen molar-refractivity contribution in [1.82, 2.24) is 19.5 Å². The van der Waals surface area contributed by atoms with E-state index in [1.54, 1.807) is 6.33 Å². The van der Waals surface area contributed by atoms with Gasteiger partial charge in [0.2, 0.25) is 0 Å². The summed E-state index contributed by atoms with van der Waals surface area (Å²) in [5, 5.41) is 4.53. The molecular weight excluding hydrogens is 395 g/mol. The quantitative estimate of drug-likeness (QED) is 0.502. The number of fused-ring (bicyclic) bond motifs is 1. The fourth-order valence-electron chi connectivity index (χ4n) is 2.92. The van der Waals surface area contributed by atoms with E-state index in [4.69, 9.17) is 23.2 Å². The van der Waals surface area contributed by atoms with E-state index in [9.17, 15) is 0 Å².